The van der Waals surface area contributed by atoms with Gasteiger partial charge in [-0.25, -0.2) is 4.79 Å². The summed E-state index contributed by atoms with van der Waals surface area (Å²) in [5.74, 6) is 0.114. The Bertz CT molecular complexity index is 781. The molecule has 1 aromatic heterocycles. The third kappa shape index (κ3) is 4.81. The Morgan fingerprint density at radius 1 is 1.11 bits per heavy atom. The van der Waals surface area contributed by atoms with E-state index in [2.05, 4.69) is 15.6 Å². The normalized spacial score (nSPS) is 10.4. The van der Waals surface area contributed by atoms with Gasteiger partial charge in [0.1, 0.15) is 11.4 Å². The SMILES string of the molecule is CCNC(=O)c1[nH]c(CNc2ccc(OC)cc2)c(C(=O)OCC)c1CC. The predicted octanol–water partition coefficient (Wildman–Crippen LogP) is 3.12. The average Bonchev–Trinajstić information content (AvgIpc) is 3.06. The first kappa shape index (κ1) is 20.4. The first-order chi connectivity index (χ1) is 13.0. The Morgan fingerprint density at radius 2 is 1.81 bits per heavy atom. The maximum absolute atomic E-state index is 12.5. The van der Waals surface area contributed by atoms with E-state index < -0.39 is 5.97 Å². The van der Waals surface area contributed by atoms with Crippen LogP contribution in [0.25, 0.3) is 0 Å². The molecule has 0 fully saturated rings. The second kappa shape index (κ2) is 9.66. The average molecular weight is 373 g/mol. The number of carbonyl (C=O) groups is 2. The third-order valence-corrected chi connectivity index (χ3v) is 4.14. The molecule has 0 atom stereocenters. The number of rotatable bonds is 9. The van der Waals surface area contributed by atoms with Crippen LogP contribution in [0.15, 0.2) is 24.3 Å². The van der Waals surface area contributed by atoms with Gasteiger partial charge in [-0.1, -0.05) is 6.92 Å². The van der Waals surface area contributed by atoms with Gasteiger partial charge < -0.3 is 25.1 Å². The molecule has 0 aliphatic heterocycles. The number of nitrogens with one attached hydrogen (secondary N) is 3. The summed E-state index contributed by atoms with van der Waals surface area (Å²) in [4.78, 5) is 28.0. The van der Waals surface area contributed by atoms with E-state index in [9.17, 15) is 9.59 Å². The highest BCUT2D eigenvalue weighted by Crippen LogP contribution is 2.23. The van der Waals surface area contributed by atoms with E-state index >= 15 is 0 Å². The topological polar surface area (TPSA) is 92.5 Å². The van der Waals surface area contributed by atoms with Gasteiger partial charge in [0, 0.05) is 17.9 Å². The van der Waals surface area contributed by atoms with Gasteiger partial charge in [-0.2, -0.15) is 0 Å². The molecule has 3 N–H and O–H groups in total. The van der Waals surface area contributed by atoms with Crippen LogP contribution in [0.5, 0.6) is 5.75 Å². The zero-order valence-electron chi connectivity index (χ0n) is 16.3. The summed E-state index contributed by atoms with van der Waals surface area (Å²) in [6.45, 7) is 6.66. The van der Waals surface area contributed by atoms with Crippen molar-refractivity contribution in [1.82, 2.24) is 10.3 Å². The number of hydrogen-bond acceptors (Lipinski definition) is 5. The van der Waals surface area contributed by atoms with Crippen molar-refractivity contribution in [3.05, 3.63) is 46.8 Å². The third-order valence-electron chi connectivity index (χ3n) is 4.14. The Labute approximate surface area is 159 Å². The summed E-state index contributed by atoms with van der Waals surface area (Å²) < 4.78 is 10.4. The first-order valence-corrected chi connectivity index (χ1v) is 9.12. The zero-order chi connectivity index (χ0) is 19.8. The van der Waals surface area contributed by atoms with E-state index in [1.807, 2.05) is 38.1 Å². The Balaban J connectivity index is 2.33. The molecule has 1 aromatic carbocycles. The van der Waals surface area contributed by atoms with Crippen molar-refractivity contribution < 1.29 is 19.1 Å². The molecule has 0 bridgehead atoms. The number of H-pyrrole nitrogens is 1. The van der Waals surface area contributed by atoms with Gasteiger partial charge in [-0.3, -0.25) is 4.79 Å². The highest BCUT2D eigenvalue weighted by molar-refractivity contribution is 6.00. The van der Waals surface area contributed by atoms with Crippen LogP contribution in [0.2, 0.25) is 0 Å². The van der Waals surface area contributed by atoms with Crippen LogP contribution in [0.4, 0.5) is 5.69 Å². The van der Waals surface area contributed by atoms with Gasteiger partial charge in [0.15, 0.2) is 0 Å². The molecule has 0 radical (unpaired) electrons. The Hall–Kier alpha value is -2.96. The van der Waals surface area contributed by atoms with Crippen molar-refractivity contribution in [2.75, 3.05) is 25.6 Å². The first-order valence-electron chi connectivity index (χ1n) is 9.12. The summed E-state index contributed by atoms with van der Waals surface area (Å²) in [5.41, 5.74) is 3.02. The van der Waals surface area contributed by atoms with E-state index in [0.29, 0.717) is 42.0 Å². The minimum absolute atomic E-state index is 0.226. The van der Waals surface area contributed by atoms with E-state index in [1.165, 1.54) is 0 Å². The summed E-state index contributed by atoms with van der Waals surface area (Å²) in [5, 5.41) is 6.04. The monoisotopic (exact) mass is 373 g/mol. The molecule has 0 aliphatic rings. The van der Waals surface area contributed by atoms with Gasteiger partial charge in [-0.15, -0.1) is 0 Å². The van der Waals surface area contributed by atoms with Crippen molar-refractivity contribution >= 4 is 17.6 Å². The molecular weight excluding hydrogens is 346 g/mol. The number of aromatic nitrogens is 1. The Kier molecular flexibility index (Phi) is 7.28. The fourth-order valence-electron chi connectivity index (χ4n) is 2.87. The van der Waals surface area contributed by atoms with E-state index in [4.69, 9.17) is 9.47 Å². The summed E-state index contributed by atoms with van der Waals surface area (Å²) in [6, 6.07) is 7.47. The largest absolute Gasteiger partial charge is 0.497 e. The van der Waals surface area contributed by atoms with Crippen LogP contribution < -0.4 is 15.4 Å². The molecular formula is C20H27N3O4. The lowest BCUT2D eigenvalue weighted by atomic mass is 10.1. The highest BCUT2D eigenvalue weighted by atomic mass is 16.5. The highest BCUT2D eigenvalue weighted by Gasteiger charge is 2.26. The van der Waals surface area contributed by atoms with Gasteiger partial charge in [0.25, 0.3) is 5.91 Å². The number of aromatic amines is 1. The molecule has 2 aromatic rings. The van der Waals surface area contributed by atoms with Crippen molar-refractivity contribution in [3.63, 3.8) is 0 Å². The quantitative estimate of drug-likeness (QED) is 0.587. The van der Waals surface area contributed by atoms with Crippen LogP contribution in [-0.2, 0) is 17.7 Å². The van der Waals surface area contributed by atoms with E-state index in [0.717, 1.165) is 11.4 Å². The number of carbonyl (C=O) groups excluding carboxylic acids is 2. The van der Waals surface area contributed by atoms with E-state index in [1.54, 1.807) is 14.0 Å². The molecule has 7 heteroatoms. The number of ether oxygens (including phenoxy) is 2. The van der Waals surface area contributed by atoms with Crippen molar-refractivity contribution in [1.29, 1.82) is 0 Å². The van der Waals surface area contributed by atoms with Crippen LogP contribution in [-0.4, -0.2) is 37.1 Å². The number of anilines is 1. The fraction of sp³-hybridized carbons (Fsp3) is 0.400. The number of hydrogen-bond donors (Lipinski definition) is 3. The van der Waals surface area contributed by atoms with Gasteiger partial charge in [0.05, 0.1) is 25.8 Å². The van der Waals surface area contributed by atoms with Crippen molar-refractivity contribution in [2.45, 2.75) is 33.7 Å². The molecule has 0 saturated heterocycles. The number of amides is 1. The molecule has 2 rings (SSSR count). The standard InChI is InChI=1S/C20H27N3O4/c1-5-15-17(20(25)27-7-3)16(23-18(15)19(24)21-6-2)12-22-13-8-10-14(26-4)11-9-13/h8-11,22-23H,5-7,12H2,1-4H3,(H,21,24). The van der Waals surface area contributed by atoms with Crippen LogP contribution in [0.1, 0.15) is 52.9 Å². The summed E-state index contributed by atoms with van der Waals surface area (Å²) >= 11 is 0. The van der Waals surface area contributed by atoms with Crippen LogP contribution in [0.3, 0.4) is 0 Å². The van der Waals surface area contributed by atoms with Crippen LogP contribution in [0, 0.1) is 0 Å². The lowest BCUT2D eigenvalue weighted by Crippen LogP contribution is -2.24. The number of esters is 1. The maximum atomic E-state index is 12.5. The minimum atomic E-state index is -0.423. The zero-order valence-corrected chi connectivity index (χ0v) is 16.3. The van der Waals surface area contributed by atoms with Crippen LogP contribution >= 0.6 is 0 Å². The molecule has 0 aliphatic carbocycles. The minimum Gasteiger partial charge on any atom is -0.497 e. The Morgan fingerprint density at radius 3 is 2.37 bits per heavy atom. The predicted molar refractivity (Wildman–Crippen MR) is 104 cm³/mol. The molecule has 0 spiro atoms. The smallest absolute Gasteiger partial charge is 0.340 e. The number of methoxy groups -OCH3 is 1. The summed E-state index contributed by atoms with van der Waals surface area (Å²) in [6.07, 6.45) is 0.541. The molecule has 0 unspecified atom stereocenters. The molecule has 1 amide bonds. The fourth-order valence-corrected chi connectivity index (χ4v) is 2.87. The second-order valence-corrected chi connectivity index (χ2v) is 5.85. The van der Waals surface area contributed by atoms with Gasteiger partial charge >= 0.3 is 5.97 Å². The van der Waals surface area contributed by atoms with E-state index in [-0.39, 0.29) is 12.5 Å². The number of benzene rings is 1. The molecule has 146 valence electrons. The van der Waals surface area contributed by atoms with Crippen molar-refractivity contribution in [3.8, 4) is 5.75 Å². The van der Waals surface area contributed by atoms with Crippen molar-refractivity contribution in [2.24, 2.45) is 0 Å². The second-order valence-electron chi connectivity index (χ2n) is 5.85. The molecule has 0 saturated carbocycles. The van der Waals surface area contributed by atoms with Gasteiger partial charge in [-0.05, 0) is 50.1 Å². The summed E-state index contributed by atoms with van der Waals surface area (Å²) in [7, 11) is 1.61. The lowest BCUT2D eigenvalue weighted by molar-refractivity contribution is 0.0524. The molecule has 7 nitrogen and oxygen atoms in total. The maximum Gasteiger partial charge on any atom is 0.340 e. The lowest BCUT2D eigenvalue weighted by Gasteiger charge is -2.09. The molecule has 27 heavy (non-hydrogen) atoms. The molecule has 1 heterocycles. The van der Waals surface area contributed by atoms with Gasteiger partial charge in [0.2, 0.25) is 0 Å².